The maximum atomic E-state index is 12.5. The van der Waals surface area contributed by atoms with Crippen LogP contribution in [0.4, 0.5) is 11.4 Å². The van der Waals surface area contributed by atoms with Crippen LogP contribution in [0.15, 0.2) is 24.3 Å². The molecule has 1 atom stereocenters. The number of hydrogen-bond acceptors (Lipinski definition) is 6. The van der Waals surface area contributed by atoms with Crippen LogP contribution >= 0.6 is 0 Å². The Hall–Kier alpha value is -2.13. The molecule has 1 amide bonds. The lowest BCUT2D eigenvalue weighted by Crippen LogP contribution is -2.48. The number of rotatable bonds is 5. The Morgan fingerprint density at radius 1 is 1.15 bits per heavy atom. The lowest BCUT2D eigenvalue weighted by Gasteiger charge is -2.36. The zero-order valence-electron chi connectivity index (χ0n) is 15.6. The van der Waals surface area contributed by atoms with Crippen molar-refractivity contribution >= 4 is 33.3 Å². The van der Waals surface area contributed by atoms with Gasteiger partial charge in [-0.15, -0.1) is 0 Å². The highest BCUT2D eigenvalue weighted by molar-refractivity contribution is 7.88. The molecule has 0 N–H and O–H groups in total. The summed E-state index contributed by atoms with van der Waals surface area (Å²) in [5.41, 5.74) is 1.63. The molecule has 0 aliphatic carbocycles. The molecule has 3 rings (SSSR count). The molecular weight excluding hydrogens is 370 g/mol. The van der Waals surface area contributed by atoms with E-state index in [9.17, 15) is 18.0 Å². The van der Waals surface area contributed by atoms with E-state index in [2.05, 4.69) is 4.90 Å². The molecule has 2 saturated heterocycles. The summed E-state index contributed by atoms with van der Waals surface area (Å²) in [6.45, 7) is 4.26. The number of carbonyl (C=O) groups excluding carboxylic acids is 2. The maximum absolute atomic E-state index is 12.5. The van der Waals surface area contributed by atoms with Gasteiger partial charge in [0.2, 0.25) is 15.9 Å². The molecule has 0 saturated carbocycles. The van der Waals surface area contributed by atoms with Crippen LogP contribution in [-0.4, -0.2) is 70.2 Å². The van der Waals surface area contributed by atoms with Crippen molar-refractivity contribution in [3.63, 3.8) is 0 Å². The first kappa shape index (κ1) is 19.6. The number of anilines is 2. The molecule has 0 spiro atoms. The highest BCUT2D eigenvalue weighted by Crippen LogP contribution is 2.34. The van der Waals surface area contributed by atoms with E-state index < -0.39 is 15.9 Å². The Kier molecular flexibility index (Phi) is 5.71. The normalized spacial score (nSPS) is 21.6. The molecule has 2 aliphatic rings. The van der Waals surface area contributed by atoms with Crippen LogP contribution in [0.25, 0.3) is 0 Å². The summed E-state index contributed by atoms with van der Waals surface area (Å²) in [7, 11) is -3.20. The van der Waals surface area contributed by atoms with Crippen molar-refractivity contribution in [3.8, 4) is 0 Å². The van der Waals surface area contributed by atoms with Gasteiger partial charge in [0.25, 0.3) is 0 Å². The topological polar surface area (TPSA) is 87.2 Å². The van der Waals surface area contributed by atoms with Crippen molar-refractivity contribution in [1.82, 2.24) is 4.31 Å². The fraction of sp³-hybridized carbons (Fsp3) is 0.556. The van der Waals surface area contributed by atoms with Gasteiger partial charge < -0.3 is 14.5 Å². The van der Waals surface area contributed by atoms with Crippen molar-refractivity contribution < 1.29 is 22.7 Å². The molecule has 1 aromatic rings. The van der Waals surface area contributed by atoms with Gasteiger partial charge in [-0.05, 0) is 19.1 Å². The SMILES string of the molecule is CCOC(=O)[C@@H]1CC(=O)N(c2ccccc2N2CCN(S(C)(=O)=O)CC2)C1. The Bertz CT molecular complexity index is 818. The first-order valence-electron chi connectivity index (χ1n) is 9.07. The second-order valence-electron chi connectivity index (χ2n) is 6.80. The summed E-state index contributed by atoms with van der Waals surface area (Å²) < 4.78 is 29.9. The Labute approximate surface area is 159 Å². The molecule has 2 heterocycles. The molecule has 27 heavy (non-hydrogen) atoms. The van der Waals surface area contributed by atoms with Crippen molar-refractivity contribution in [1.29, 1.82) is 0 Å². The third-order valence-electron chi connectivity index (χ3n) is 4.97. The average Bonchev–Trinajstić information content (AvgIpc) is 3.03. The first-order chi connectivity index (χ1) is 12.8. The number of carbonyl (C=O) groups is 2. The first-order valence-corrected chi connectivity index (χ1v) is 10.9. The lowest BCUT2D eigenvalue weighted by molar-refractivity contribution is -0.147. The maximum Gasteiger partial charge on any atom is 0.311 e. The summed E-state index contributed by atoms with van der Waals surface area (Å²) in [4.78, 5) is 28.3. The molecule has 1 aromatic carbocycles. The van der Waals surface area contributed by atoms with Crippen LogP contribution in [0, 0.1) is 5.92 Å². The quantitative estimate of drug-likeness (QED) is 0.682. The van der Waals surface area contributed by atoms with Crippen molar-refractivity contribution in [2.45, 2.75) is 13.3 Å². The minimum atomic E-state index is -3.20. The van der Waals surface area contributed by atoms with Gasteiger partial charge in [-0.1, -0.05) is 12.1 Å². The number of hydrogen-bond donors (Lipinski definition) is 0. The van der Waals surface area contributed by atoms with Gasteiger partial charge in [0.1, 0.15) is 0 Å². The molecule has 0 radical (unpaired) electrons. The average molecular weight is 395 g/mol. The molecule has 0 unspecified atom stereocenters. The highest BCUT2D eigenvalue weighted by Gasteiger charge is 2.37. The summed E-state index contributed by atoms with van der Waals surface area (Å²) in [5, 5.41) is 0. The highest BCUT2D eigenvalue weighted by atomic mass is 32.2. The Morgan fingerprint density at radius 2 is 1.78 bits per heavy atom. The van der Waals surface area contributed by atoms with Gasteiger partial charge in [0, 0.05) is 39.1 Å². The smallest absolute Gasteiger partial charge is 0.311 e. The van der Waals surface area contributed by atoms with E-state index in [1.165, 1.54) is 10.6 Å². The third kappa shape index (κ3) is 4.24. The van der Waals surface area contributed by atoms with Gasteiger partial charge in [-0.2, -0.15) is 4.31 Å². The van der Waals surface area contributed by atoms with Gasteiger partial charge in [0.05, 0.1) is 30.2 Å². The molecular formula is C18H25N3O5S. The zero-order valence-corrected chi connectivity index (χ0v) is 16.4. The largest absolute Gasteiger partial charge is 0.466 e. The van der Waals surface area contributed by atoms with Crippen LogP contribution in [0.5, 0.6) is 0 Å². The van der Waals surface area contributed by atoms with Crippen molar-refractivity contribution in [2.24, 2.45) is 5.92 Å². The van der Waals surface area contributed by atoms with Crippen LogP contribution in [0.3, 0.4) is 0 Å². The number of piperazine rings is 1. The summed E-state index contributed by atoms with van der Waals surface area (Å²) in [6.07, 6.45) is 1.37. The fourth-order valence-electron chi connectivity index (χ4n) is 3.58. The lowest BCUT2D eigenvalue weighted by atomic mass is 10.1. The van der Waals surface area contributed by atoms with Crippen LogP contribution in [0.1, 0.15) is 13.3 Å². The number of esters is 1. The molecule has 2 fully saturated rings. The van der Waals surface area contributed by atoms with Gasteiger partial charge in [-0.3, -0.25) is 9.59 Å². The zero-order chi connectivity index (χ0) is 19.6. The van der Waals surface area contributed by atoms with Gasteiger partial charge >= 0.3 is 5.97 Å². The minimum absolute atomic E-state index is 0.102. The van der Waals surface area contributed by atoms with Crippen molar-refractivity contribution in [3.05, 3.63) is 24.3 Å². The minimum Gasteiger partial charge on any atom is -0.466 e. The molecule has 8 nitrogen and oxygen atoms in total. The summed E-state index contributed by atoms with van der Waals surface area (Å²) in [5.74, 6) is -0.893. The molecule has 148 valence electrons. The van der Waals surface area contributed by atoms with E-state index in [1.54, 1.807) is 11.8 Å². The number of sulfonamides is 1. The second kappa shape index (κ2) is 7.85. The third-order valence-corrected chi connectivity index (χ3v) is 6.27. The van der Waals surface area contributed by atoms with E-state index in [-0.39, 0.29) is 18.3 Å². The van der Waals surface area contributed by atoms with E-state index in [1.807, 2.05) is 24.3 Å². The molecule has 2 aliphatic heterocycles. The van der Waals surface area contributed by atoms with Crippen molar-refractivity contribution in [2.75, 3.05) is 55.4 Å². The van der Waals surface area contributed by atoms with E-state index >= 15 is 0 Å². The van der Waals surface area contributed by atoms with E-state index in [0.29, 0.717) is 39.3 Å². The number of para-hydroxylation sites is 2. The monoisotopic (exact) mass is 395 g/mol. The second-order valence-corrected chi connectivity index (χ2v) is 8.78. The van der Waals surface area contributed by atoms with Gasteiger partial charge in [0.15, 0.2) is 0 Å². The van der Waals surface area contributed by atoms with Gasteiger partial charge in [-0.25, -0.2) is 8.42 Å². The number of nitrogens with zero attached hydrogens (tertiary/aromatic N) is 3. The van der Waals surface area contributed by atoms with E-state index in [0.717, 1.165) is 11.4 Å². The predicted molar refractivity (Wildman–Crippen MR) is 102 cm³/mol. The predicted octanol–water partition coefficient (Wildman–Crippen LogP) is 0.684. The summed E-state index contributed by atoms with van der Waals surface area (Å²) >= 11 is 0. The molecule has 0 bridgehead atoms. The fourth-order valence-corrected chi connectivity index (χ4v) is 4.41. The standard InChI is InChI=1S/C18H25N3O5S/c1-3-26-18(23)14-12-17(22)21(13-14)16-7-5-4-6-15(16)19-8-10-20(11-9-19)27(2,24)25/h4-7,14H,3,8-13H2,1-2H3/t14-/m1/s1. The Morgan fingerprint density at radius 3 is 2.37 bits per heavy atom. The Balaban J connectivity index is 1.77. The molecule has 0 aromatic heterocycles. The number of amides is 1. The van der Waals surface area contributed by atoms with E-state index in [4.69, 9.17) is 4.74 Å². The van der Waals surface area contributed by atoms with Crippen LogP contribution in [0.2, 0.25) is 0 Å². The summed E-state index contributed by atoms with van der Waals surface area (Å²) in [6, 6.07) is 7.54. The number of benzene rings is 1. The molecule has 9 heteroatoms. The number of ether oxygens (including phenoxy) is 1. The van der Waals surface area contributed by atoms with Crippen LogP contribution in [-0.2, 0) is 24.3 Å². The van der Waals surface area contributed by atoms with Crippen LogP contribution < -0.4 is 9.80 Å².